The van der Waals surface area contributed by atoms with E-state index in [2.05, 4.69) is 11.8 Å². The van der Waals surface area contributed by atoms with Crippen molar-refractivity contribution in [1.82, 2.24) is 0 Å². The van der Waals surface area contributed by atoms with Crippen molar-refractivity contribution >= 4 is 0 Å². The van der Waals surface area contributed by atoms with Crippen LogP contribution in [0.25, 0.3) is 0 Å². The van der Waals surface area contributed by atoms with Gasteiger partial charge in [0.2, 0.25) is 0 Å². The van der Waals surface area contributed by atoms with E-state index in [0.29, 0.717) is 29.9 Å². The van der Waals surface area contributed by atoms with Gasteiger partial charge in [0.15, 0.2) is 0 Å². The smallest absolute Gasteiger partial charge is 0.378 e. The Balaban J connectivity index is 1.43. The largest absolute Gasteiger partial charge is 0.419 e. The Morgan fingerprint density at radius 1 is 0.879 bits per heavy atom. The summed E-state index contributed by atoms with van der Waals surface area (Å²) in [6.07, 6.45) is 2.19. The van der Waals surface area contributed by atoms with Crippen LogP contribution in [0.5, 0.6) is 0 Å². The first-order valence-electron chi connectivity index (χ1n) is 11.5. The molecule has 0 N–H and O–H groups in total. The van der Waals surface area contributed by atoms with E-state index in [1.54, 1.807) is 6.07 Å². The number of ether oxygens (including phenoxy) is 1. The quantitative estimate of drug-likeness (QED) is 0.340. The van der Waals surface area contributed by atoms with Crippen LogP contribution in [-0.2, 0) is 10.9 Å². The van der Waals surface area contributed by atoms with Gasteiger partial charge in [-0.1, -0.05) is 17.9 Å². The fourth-order valence-corrected chi connectivity index (χ4v) is 5.38. The lowest BCUT2D eigenvalue weighted by atomic mass is 9.65. The summed E-state index contributed by atoms with van der Waals surface area (Å²) in [6, 6.07) is 7.48. The Labute approximate surface area is 191 Å². The van der Waals surface area contributed by atoms with Crippen LogP contribution < -0.4 is 0 Å². The maximum absolute atomic E-state index is 14.7. The molecule has 4 unspecified atom stereocenters. The summed E-state index contributed by atoms with van der Waals surface area (Å²) in [5.41, 5.74) is -0.177. The number of hydrogen-bond donors (Lipinski definition) is 0. The van der Waals surface area contributed by atoms with E-state index in [9.17, 15) is 22.0 Å². The topological polar surface area (TPSA) is 9.23 Å². The van der Waals surface area contributed by atoms with Gasteiger partial charge in [0.1, 0.15) is 11.6 Å². The maximum atomic E-state index is 14.7. The molecular weight excluding hydrogens is 435 g/mol. The number of benzene rings is 2. The van der Waals surface area contributed by atoms with E-state index in [1.807, 2.05) is 13.0 Å². The Bertz CT molecular complexity index is 1050. The average molecular weight is 463 g/mol. The van der Waals surface area contributed by atoms with Gasteiger partial charge in [-0.15, -0.1) is 0 Å². The van der Waals surface area contributed by atoms with Gasteiger partial charge in [-0.2, -0.15) is 13.2 Å². The van der Waals surface area contributed by atoms with Gasteiger partial charge in [-0.3, -0.25) is 0 Å². The third kappa shape index (κ3) is 5.58. The van der Waals surface area contributed by atoms with E-state index < -0.39 is 23.4 Å². The van der Waals surface area contributed by atoms with Crippen LogP contribution in [0.15, 0.2) is 36.4 Å². The molecule has 0 bridgehead atoms. The molecule has 2 aromatic rings. The molecular formula is C27H27F5O. The molecule has 33 heavy (non-hydrogen) atoms. The van der Waals surface area contributed by atoms with Crippen molar-refractivity contribution in [3.63, 3.8) is 0 Å². The lowest BCUT2D eigenvalue weighted by Gasteiger charge is -2.42. The summed E-state index contributed by atoms with van der Waals surface area (Å²) in [5, 5.41) is 0. The summed E-state index contributed by atoms with van der Waals surface area (Å²) in [6.45, 7) is 2.79. The second-order valence-electron chi connectivity index (χ2n) is 9.10. The molecule has 1 nitrogen and oxygen atoms in total. The van der Waals surface area contributed by atoms with Crippen LogP contribution in [0.3, 0.4) is 0 Å². The van der Waals surface area contributed by atoms with E-state index in [-0.39, 0.29) is 11.1 Å². The van der Waals surface area contributed by atoms with Gasteiger partial charge >= 0.3 is 6.18 Å². The van der Waals surface area contributed by atoms with Gasteiger partial charge in [0.25, 0.3) is 0 Å². The lowest BCUT2D eigenvalue weighted by molar-refractivity contribution is -0.140. The standard InChI is InChI=1S/C27H27F5O/c1-2-33-23-11-10-20-14-19(8-9-21(20)15-23)22-7-6-18(25(28)16-22)5-3-17-4-12-24(26(29)13-17)27(30,31)32/h4,6-7,12-13,16,19-21,23H,2,8-11,14-15H2,1H3. The predicted octanol–water partition coefficient (Wildman–Crippen LogP) is 7.47. The minimum Gasteiger partial charge on any atom is -0.378 e. The highest BCUT2D eigenvalue weighted by Crippen LogP contribution is 2.46. The number of alkyl halides is 3. The second kappa shape index (κ2) is 9.85. The van der Waals surface area contributed by atoms with Crippen molar-refractivity contribution in [2.24, 2.45) is 11.8 Å². The second-order valence-corrected chi connectivity index (χ2v) is 9.10. The van der Waals surface area contributed by atoms with Crippen LogP contribution in [-0.4, -0.2) is 12.7 Å². The van der Waals surface area contributed by atoms with Crippen molar-refractivity contribution in [1.29, 1.82) is 0 Å². The van der Waals surface area contributed by atoms with Crippen molar-refractivity contribution in [3.05, 3.63) is 70.3 Å². The molecule has 0 amide bonds. The normalized spacial score (nSPS) is 25.2. The summed E-state index contributed by atoms with van der Waals surface area (Å²) in [4.78, 5) is 0. The van der Waals surface area contributed by atoms with Gasteiger partial charge in [-0.05, 0) is 99.1 Å². The molecule has 6 heteroatoms. The average Bonchev–Trinajstić information content (AvgIpc) is 2.77. The number of rotatable bonds is 3. The molecule has 2 aromatic carbocycles. The Hall–Kier alpha value is -2.39. The number of fused-ring (bicyclic) bond motifs is 1. The minimum atomic E-state index is -4.76. The van der Waals surface area contributed by atoms with Gasteiger partial charge in [0.05, 0.1) is 17.2 Å². The van der Waals surface area contributed by atoms with Crippen molar-refractivity contribution in [3.8, 4) is 11.8 Å². The van der Waals surface area contributed by atoms with Crippen LogP contribution >= 0.6 is 0 Å². The zero-order valence-corrected chi connectivity index (χ0v) is 18.5. The fraction of sp³-hybridized carbons (Fsp3) is 0.481. The van der Waals surface area contributed by atoms with E-state index in [1.165, 1.54) is 6.07 Å². The minimum absolute atomic E-state index is 0.0601. The highest BCUT2D eigenvalue weighted by molar-refractivity contribution is 5.45. The third-order valence-electron chi connectivity index (χ3n) is 7.05. The van der Waals surface area contributed by atoms with E-state index >= 15 is 0 Å². The maximum Gasteiger partial charge on any atom is 0.419 e. The van der Waals surface area contributed by atoms with Crippen LogP contribution in [0.1, 0.15) is 73.6 Å². The number of halogens is 5. The first kappa shape index (κ1) is 23.8. The summed E-state index contributed by atoms with van der Waals surface area (Å²) < 4.78 is 72.3. The van der Waals surface area contributed by atoms with Crippen molar-refractivity contribution in [2.45, 2.75) is 63.6 Å². The van der Waals surface area contributed by atoms with Crippen molar-refractivity contribution < 1.29 is 26.7 Å². The Morgan fingerprint density at radius 3 is 2.33 bits per heavy atom. The molecule has 4 atom stereocenters. The molecule has 0 saturated heterocycles. The monoisotopic (exact) mass is 462 g/mol. The predicted molar refractivity (Wildman–Crippen MR) is 117 cm³/mol. The molecule has 0 spiro atoms. The molecule has 2 aliphatic rings. The molecule has 0 aliphatic heterocycles. The highest BCUT2D eigenvalue weighted by atomic mass is 19.4. The highest BCUT2D eigenvalue weighted by Gasteiger charge is 2.36. The van der Waals surface area contributed by atoms with E-state index in [4.69, 9.17) is 4.74 Å². The summed E-state index contributed by atoms with van der Waals surface area (Å²) in [7, 11) is 0. The Kier molecular flexibility index (Phi) is 7.09. The molecule has 2 fully saturated rings. The van der Waals surface area contributed by atoms with Gasteiger partial charge < -0.3 is 4.74 Å². The molecule has 2 aliphatic carbocycles. The molecule has 2 saturated carbocycles. The first-order chi connectivity index (χ1) is 15.7. The van der Waals surface area contributed by atoms with Gasteiger partial charge in [0, 0.05) is 12.2 Å². The van der Waals surface area contributed by atoms with E-state index in [0.717, 1.165) is 62.8 Å². The lowest BCUT2D eigenvalue weighted by Crippen LogP contribution is -2.33. The zero-order valence-electron chi connectivity index (χ0n) is 18.5. The Morgan fingerprint density at radius 2 is 1.64 bits per heavy atom. The van der Waals surface area contributed by atoms with Crippen LogP contribution in [0.4, 0.5) is 22.0 Å². The van der Waals surface area contributed by atoms with Gasteiger partial charge in [-0.25, -0.2) is 8.78 Å². The molecule has 4 rings (SSSR count). The van der Waals surface area contributed by atoms with Crippen LogP contribution in [0.2, 0.25) is 0 Å². The number of hydrogen-bond acceptors (Lipinski definition) is 1. The zero-order chi connectivity index (χ0) is 23.6. The summed E-state index contributed by atoms with van der Waals surface area (Å²) in [5.74, 6) is 4.98. The SMILES string of the molecule is CCOC1CCC2CC(c3ccc(C#Cc4ccc(C(F)(F)F)c(F)c4)c(F)c3)CCC2C1. The fourth-order valence-electron chi connectivity index (χ4n) is 5.38. The first-order valence-corrected chi connectivity index (χ1v) is 11.5. The molecule has 176 valence electrons. The molecule has 0 aromatic heterocycles. The summed E-state index contributed by atoms with van der Waals surface area (Å²) >= 11 is 0. The van der Waals surface area contributed by atoms with Crippen molar-refractivity contribution in [2.75, 3.05) is 6.61 Å². The van der Waals surface area contributed by atoms with Crippen LogP contribution in [0, 0.1) is 35.3 Å². The molecule has 0 radical (unpaired) electrons. The third-order valence-corrected chi connectivity index (χ3v) is 7.05. The molecule has 0 heterocycles.